The molecule has 2 atom stereocenters. The minimum atomic E-state index is -4.78. The molecule has 6 fully saturated rings. The predicted molar refractivity (Wildman–Crippen MR) is 433 cm³/mol. The molecule has 117 heavy (non-hydrogen) atoms. The molecule has 0 saturated carbocycles. The molecule has 8 aliphatic rings. The number of hydrogen-bond donors (Lipinski definition) is 4. The number of carbonyl (C=O) groups is 8. The minimum absolute atomic E-state index is 0.0662. The molecule has 0 aliphatic carbocycles. The maximum absolute atomic E-state index is 14.2. The maximum atomic E-state index is 14.2. The van der Waals surface area contributed by atoms with Crippen LogP contribution in [0.2, 0.25) is 10.0 Å². The summed E-state index contributed by atoms with van der Waals surface area (Å²) in [6, 6.07) is 19.5. The molecule has 6 saturated heterocycles. The van der Waals surface area contributed by atoms with E-state index >= 15 is 0 Å². The summed E-state index contributed by atoms with van der Waals surface area (Å²) in [6.07, 6.45) is 3.04. The molecule has 8 heterocycles. The van der Waals surface area contributed by atoms with Gasteiger partial charge >= 0.3 is 48.5 Å². The highest BCUT2D eigenvalue weighted by atomic mass is 35.5. The number of amides is 8. The van der Waals surface area contributed by atoms with Crippen molar-refractivity contribution < 1.29 is 83.6 Å². The van der Waals surface area contributed by atoms with Crippen LogP contribution in [0.1, 0.15) is 182 Å². The largest absolute Gasteiger partial charge is 0.466 e. The number of unbranched alkanes of at least 4 members (excludes halogenated alkanes) is 3. The Morgan fingerprint density at radius 3 is 1.18 bits per heavy atom. The molecular formula is C85H114Cl2F6N12O12. The molecule has 4 aromatic carbocycles. The number of hydrogen-bond acceptors (Lipinski definition) is 16. The molecular weight excluding hydrogens is 1570 g/mol. The van der Waals surface area contributed by atoms with Crippen molar-refractivity contribution in [3.8, 4) is 0 Å². The van der Waals surface area contributed by atoms with E-state index in [-0.39, 0.29) is 108 Å². The molecule has 32 heteroatoms. The number of nitrogen functional groups attached to an aromatic ring is 2. The van der Waals surface area contributed by atoms with Crippen LogP contribution in [0.4, 0.5) is 68.3 Å². The summed E-state index contributed by atoms with van der Waals surface area (Å²) < 4.78 is 106. The smallest absolute Gasteiger partial charge is 0.418 e. The van der Waals surface area contributed by atoms with Crippen LogP contribution in [0.3, 0.4) is 0 Å². The molecule has 0 spiro atoms. The van der Waals surface area contributed by atoms with Gasteiger partial charge in [-0.2, -0.15) is 26.3 Å². The van der Waals surface area contributed by atoms with E-state index in [0.29, 0.717) is 141 Å². The quantitative estimate of drug-likeness (QED) is 0.0158. The first-order chi connectivity index (χ1) is 56.1. The molecule has 12 rings (SSSR count). The van der Waals surface area contributed by atoms with Gasteiger partial charge in [0.05, 0.1) is 45.8 Å². The fraction of sp³-hybridized carbons (Fsp3) is 0.624. The van der Waals surface area contributed by atoms with Gasteiger partial charge in [0.1, 0.15) is 0 Å². The Hall–Kier alpha value is -8.48. The molecule has 8 aliphatic heterocycles. The van der Waals surface area contributed by atoms with Crippen molar-refractivity contribution in [3.05, 3.63) is 116 Å². The maximum Gasteiger partial charge on any atom is 0.418 e. The van der Waals surface area contributed by atoms with E-state index in [1.165, 1.54) is 21.9 Å². The van der Waals surface area contributed by atoms with Gasteiger partial charge in [-0.1, -0.05) is 92.7 Å². The van der Waals surface area contributed by atoms with Crippen molar-refractivity contribution in [2.45, 2.75) is 223 Å². The molecule has 6 N–H and O–H groups in total. The second-order valence-electron chi connectivity index (χ2n) is 32.4. The van der Waals surface area contributed by atoms with Crippen molar-refractivity contribution in [3.63, 3.8) is 0 Å². The van der Waals surface area contributed by atoms with Gasteiger partial charge in [-0.3, -0.25) is 19.2 Å². The van der Waals surface area contributed by atoms with Crippen molar-refractivity contribution in [2.75, 3.05) is 127 Å². The molecule has 642 valence electrons. The second-order valence-corrected chi connectivity index (χ2v) is 33.2. The van der Waals surface area contributed by atoms with E-state index in [9.17, 15) is 64.7 Å². The standard InChI is InChI=1S/C43H58ClF3N6O6.C42H56ClF3N6O6/c1-2-3-6-25-58-38(54)10-9-29-11-18-50(19-12-29)32-14-20-51(21-15-32)40(55)37(28-30-26-34(43(45,46)47)39(48)35(44)27-30)59-42(57)52-22-16-33(17-23-52)53-24-13-31-7-4-5-8-36(31)49-41(53)56;1-2-3-24-57-37(53)9-8-28-10-17-49(18-11-28)31-13-19-50(20-14-31)39(54)36(27-29-25-33(42(44,45)46)38(47)34(43)26-29)58-41(56)51-21-15-32(16-22-51)52-23-12-30-6-4-5-7-35(30)48-40(52)55/h4-5,7-8,26-27,29,32-33,37H,2-3,6,9-25,28,48H2,1H3,(H,49,56);4-7,25-26,28,31-32,36H,2-3,8-24,27,47H2,1H3,(H,48,55)/t37-;36-/m11/s1. The van der Waals surface area contributed by atoms with Crippen LogP contribution in [0.25, 0.3) is 0 Å². The third-order valence-electron chi connectivity index (χ3n) is 24.6. The van der Waals surface area contributed by atoms with E-state index in [0.717, 1.165) is 131 Å². The van der Waals surface area contributed by atoms with Gasteiger partial charge < -0.3 is 80.2 Å². The number of halogens is 8. The number of benzene rings is 4. The summed E-state index contributed by atoms with van der Waals surface area (Å²) in [5.41, 5.74) is 11.7. The molecule has 0 radical (unpaired) electrons. The minimum Gasteiger partial charge on any atom is -0.466 e. The molecule has 8 amide bonds. The highest BCUT2D eigenvalue weighted by Crippen LogP contribution is 2.41. The number of anilines is 4. The number of nitrogens with two attached hydrogens (primary N) is 2. The van der Waals surface area contributed by atoms with Gasteiger partial charge in [-0.15, -0.1) is 0 Å². The lowest BCUT2D eigenvalue weighted by atomic mass is 9.90. The predicted octanol–water partition coefficient (Wildman–Crippen LogP) is 15.1. The van der Waals surface area contributed by atoms with Gasteiger partial charge in [0.25, 0.3) is 11.8 Å². The third kappa shape index (κ3) is 24.6. The number of likely N-dealkylation sites (tertiary alicyclic amines) is 6. The molecule has 0 bridgehead atoms. The van der Waals surface area contributed by atoms with E-state index in [1.54, 1.807) is 19.6 Å². The van der Waals surface area contributed by atoms with Crippen LogP contribution >= 0.6 is 23.2 Å². The van der Waals surface area contributed by atoms with Gasteiger partial charge in [-0.05, 0) is 212 Å². The first-order valence-electron chi connectivity index (χ1n) is 42.0. The third-order valence-corrected chi connectivity index (χ3v) is 25.3. The highest BCUT2D eigenvalue weighted by molar-refractivity contribution is 6.33. The van der Waals surface area contributed by atoms with Crippen molar-refractivity contribution in [1.29, 1.82) is 0 Å². The number of carbonyl (C=O) groups excluding carboxylic acids is 8. The van der Waals surface area contributed by atoms with Crippen LogP contribution < -0.4 is 22.1 Å². The lowest BCUT2D eigenvalue weighted by Gasteiger charge is -2.42. The summed E-state index contributed by atoms with van der Waals surface area (Å²) >= 11 is 12.3. The number of urea groups is 2. The van der Waals surface area contributed by atoms with Crippen molar-refractivity contribution in [2.24, 2.45) is 11.8 Å². The summed E-state index contributed by atoms with van der Waals surface area (Å²) in [6.45, 7) is 12.5. The number of nitrogens with one attached hydrogen (secondary N) is 2. The number of rotatable bonds is 25. The molecule has 0 unspecified atom stereocenters. The average Bonchev–Trinajstić information content (AvgIpc) is 0.902. The SMILES string of the molecule is CCCCCOC(=O)CCC1CCN(C2CCN(C(=O)[C@@H](Cc3cc(Cl)c(N)c(C(F)(F)F)c3)OC(=O)N3CCC(N4CCc5ccccc5NC4=O)CC3)CC2)CC1.CCCCOC(=O)CCC1CCN(C2CCN(C(=O)[C@@H](Cc3cc(Cl)c(N)c(C(F)(F)F)c3)OC(=O)N3CCC(N4CCc5ccccc5NC4=O)CC3)CC2)CC1. The van der Waals surface area contributed by atoms with E-state index in [4.69, 9.17) is 53.6 Å². The molecule has 4 aromatic rings. The van der Waals surface area contributed by atoms with Gasteiger partial charge in [0, 0.05) is 127 Å². The second kappa shape index (κ2) is 42.0. The van der Waals surface area contributed by atoms with Crippen LogP contribution in [0.5, 0.6) is 0 Å². The fourth-order valence-electron chi connectivity index (χ4n) is 17.6. The fourth-order valence-corrected chi connectivity index (χ4v) is 18.1. The Kier molecular flexibility index (Phi) is 32.0. The first-order valence-corrected chi connectivity index (χ1v) is 42.8. The van der Waals surface area contributed by atoms with Crippen LogP contribution in [-0.4, -0.2) is 228 Å². The van der Waals surface area contributed by atoms with E-state index in [1.807, 2.05) is 48.5 Å². The van der Waals surface area contributed by atoms with Crippen molar-refractivity contribution >= 4 is 94.0 Å². The van der Waals surface area contributed by atoms with Crippen molar-refractivity contribution in [1.82, 2.24) is 39.2 Å². The summed E-state index contributed by atoms with van der Waals surface area (Å²) in [7, 11) is 0. The molecule has 24 nitrogen and oxygen atoms in total. The Morgan fingerprint density at radius 2 is 0.812 bits per heavy atom. The number of para-hydroxylation sites is 2. The number of ether oxygens (including phenoxy) is 4. The number of alkyl halides is 6. The zero-order valence-corrected chi connectivity index (χ0v) is 68.7. The number of piperidine rings is 6. The van der Waals surface area contributed by atoms with Gasteiger partial charge in [0.15, 0.2) is 12.2 Å². The zero-order valence-electron chi connectivity index (χ0n) is 67.2. The van der Waals surface area contributed by atoms with E-state index in [2.05, 4.69) is 34.3 Å². The monoisotopic (exact) mass is 1680 g/mol. The summed E-state index contributed by atoms with van der Waals surface area (Å²) in [5, 5.41) is 5.37. The lowest BCUT2D eigenvalue weighted by molar-refractivity contribution is -0.145. The Labute approximate surface area is 691 Å². The van der Waals surface area contributed by atoms with E-state index < -0.39 is 71.1 Å². The Morgan fingerprint density at radius 1 is 0.462 bits per heavy atom. The summed E-state index contributed by atoms with van der Waals surface area (Å²) in [4.78, 5) is 121. The zero-order chi connectivity index (χ0) is 83.5. The summed E-state index contributed by atoms with van der Waals surface area (Å²) in [5.74, 6) is -0.289. The number of fused-ring (bicyclic) bond motifs is 2. The Balaban J connectivity index is 0.000000230. The van der Waals surface area contributed by atoms with Gasteiger partial charge in [0.2, 0.25) is 0 Å². The van der Waals surface area contributed by atoms with Crippen LogP contribution in [0.15, 0.2) is 72.8 Å². The number of esters is 2. The van der Waals surface area contributed by atoms with Crippen LogP contribution in [-0.2, 0) is 76.2 Å². The Bertz CT molecular complexity index is 4040. The highest BCUT2D eigenvalue weighted by Gasteiger charge is 2.43. The lowest BCUT2D eigenvalue weighted by Crippen LogP contribution is -2.53. The van der Waals surface area contributed by atoms with Gasteiger partial charge in [-0.25, -0.2) is 19.2 Å². The average molecular weight is 1680 g/mol. The first kappa shape index (κ1) is 89.3. The number of nitrogens with zero attached hydrogens (tertiary/aromatic N) is 8. The van der Waals surface area contributed by atoms with Crippen LogP contribution in [0, 0.1) is 11.8 Å². The topological polar surface area (TPSA) is 276 Å². The normalized spacial score (nSPS) is 19.5. The molecule has 0 aromatic heterocycles.